The Bertz CT molecular complexity index is 1410. The van der Waals surface area contributed by atoms with Gasteiger partial charge in [0, 0.05) is 23.4 Å². The van der Waals surface area contributed by atoms with E-state index in [0.717, 1.165) is 11.1 Å². The van der Waals surface area contributed by atoms with Crippen LogP contribution in [0, 0.1) is 6.92 Å². The van der Waals surface area contributed by atoms with Crippen molar-refractivity contribution in [3.8, 4) is 17.2 Å². The van der Waals surface area contributed by atoms with Gasteiger partial charge in [0.2, 0.25) is 5.78 Å². The number of ketones is 1. The minimum Gasteiger partial charge on any atom is -0.494 e. The molecular weight excluding hydrogens is 474 g/mol. The number of rotatable bonds is 9. The van der Waals surface area contributed by atoms with Gasteiger partial charge < -0.3 is 25.1 Å². The van der Waals surface area contributed by atoms with Crippen molar-refractivity contribution in [2.45, 2.75) is 6.92 Å². The number of methoxy groups -OCH3 is 2. The molecule has 190 valence electrons. The zero-order valence-electron chi connectivity index (χ0n) is 20.7. The second-order valence-corrected chi connectivity index (χ2v) is 8.06. The Kier molecular flexibility index (Phi) is 7.80. The Hall–Kier alpha value is -4.70. The summed E-state index contributed by atoms with van der Waals surface area (Å²) in [7, 11) is 3.04. The molecule has 0 saturated heterocycles. The van der Waals surface area contributed by atoms with E-state index in [4.69, 9.17) is 25.1 Å². The molecule has 0 saturated carbocycles. The predicted molar refractivity (Wildman–Crippen MR) is 143 cm³/mol. The number of hydrogen-bond donors (Lipinski definition) is 3. The summed E-state index contributed by atoms with van der Waals surface area (Å²) in [6, 6.07) is 13.8. The second kappa shape index (κ2) is 11.4. The van der Waals surface area contributed by atoms with Crippen LogP contribution in [0.25, 0.3) is 6.08 Å². The number of hydrazone groups is 1. The maximum absolute atomic E-state index is 12.8. The van der Waals surface area contributed by atoms with E-state index in [2.05, 4.69) is 20.8 Å². The number of nitrogens with one attached hydrogen (secondary N) is 1. The third-order valence-electron chi connectivity index (χ3n) is 5.57. The lowest BCUT2D eigenvalue weighted by atomic mass is 9.94. The highest BCUT2D eigenvalue weighted by Gasteiger charge is 2.20. The monoisotopic (exact) mass is 501 g/mol. The van der Waals surface area contributed by atoms with Gasteiger partial charge in [-0.05, 0) is 60.5 Å². The van der Waals surface area contributed by atoms with Gasteiger partial charge in [0.05, 0.1) is 26.5 Å². The molecule has 3 aromatic carbocycles. The van der Waals surface area contributed by atoms with Crippen molar-refractivity contribution in [3.63, 3.8) is 0 Å². The van der Waals surface area contributed by atoms with Gasteiger partial charge in [-0.2, -0.15) is 10.2 Å². The molecule has 1 aliphatic rings. The molecule has 0 fully saturated rings. The molecule has 4 N–H and O–H groups in total. The first-order valence-electron chi connectivity index (χ1n) is 11.4. The van der Waals surface area contributed by atoms with Crippen molar-refractivity contribution in [3.05, 3.63) is 71.3 Å². The molecule has 0 unspecified atom stereocenters. The van der Waals surface area contributed by atoms with Crippen LogP contribution in [0.2, 0.25) is 0 Å². The number of aliphatic hydroxyl groups excluding tert-OH is 1. The number of ether oxygens (including phenoxy) is 3. The first-order chi connectivity index (χ1) is 17.9. The summed E-state index contributed by atoms with van der Waals surface area (Å²) in [6.07, 6.45) is 3.42. The first-order valence-corrected chi connectivity index (χ1v) is 11.4. The molecule has 0 bridgehead atoms. The topological polar surface area (TPSA) is 140 Å². The van der Waals surface area contributed by atoms with Crippen LogP contribution in [-0.2, 0) is 0 Å². The standard InChI is InChI=1S/C27H27N5O5/c1-16-12-19(37-11-10-33)6-9-21(16)29-31-23-14-26(36-3)24(15-25(23)35-2)32-30-22-8-4-17-13-18(28)5-7-20(17)27(22)34/h4-9,12-15,32-33H,10-11,28H2,1-3H3/b30-22-,31-29+. The quantitative estimate of drug-likeness (QED) is 0.211. The second-order valence-electron chi connectivity index (χ2n) is 8.06. The summed E-state index contributed by atoms with van der Waals surface area (Å²) in [6.45, 7) is 2.05. The Morgan fingerprint density at radius 2 is 1.73 bits per heavy atom. The summed E-state index contributed by atoms with van der Waals surface area (Å²) in [5.41, 5.74) is 13.2. The molecular formula is C27H27N5O5. The molecule has 3 aromatic rings. The number of carbonyl (C=O) groups is 1. The highest BCUT2D eigenvalue weighted by Crippen LogP contribution is 2.39. The summed E-state index contributed by atoms with van der Waals surface area (Å²) in [5.74, 6) is 1.29. The van der Waals surface area contributed by atoms with Crippen molar-refractivity contribution in [1.82, 2.24) is 0 Å². The molecule has 1 aliphatic carbocycles. The number of fused-ring (bicyclic) bond motifs is 1. The summed E-state index contributed by atoms with van der Waals surface area (Å²) in [5, 5.41) is 21.9. The number of Topliss-reactive ketones (excluding diaryl/α,β-unsaturated/α-hetero) is 1. The van der Waals surface area contributed by atoms with E-state index in [1.54, 1.807) is 54.6 Å². The number of nitrogens with two attached hydrogens (primary N) is 1. The molecule has 0 aromatic heterocycles. The van der Waals surface area contributed by atoms with Crippen LogP contribution in [0.15, 0.2) is 69.9 Å². The third kappa shape index (κ3) is 5.76. The van der Waals surface area contributed by atoms with Gasteiger partial charge in [-0.3, -0.25) is 10.2 Å². The highest BCUT2D eigenvalue weighted by atomic mass is 16.5. The Morgan fingerprint density at radius 1 is 0.946 bits per heavy atom. The molecule has 10 nitrogen and oxygen atoms in total. The van der Waals surface area contributed by atoms with Crippen molar-refractivity contribution in [1.29, 1.82) is 0 Å². The summed E-state index contributed by atoms with van der Waals surface area (Å²) < 4.78 is 16.4. The van der Waals surface area contributed by atoms with E-state index < -0.39 is 0 Å². The fraction of sp³-hybridized carbons (Fsp3) is 0.185. The zero-order chi connectivity index (χ0) is 26.4. The number of allylic oxidation sites excluding steroid dienone is 1. The number of nitrogens with zero attached hydrogens (tertiary/aromatic N) is 3. The molecule has 37 heavy (non-hydrogen) atoms. The van der Waals surface area contributed by atoms with E-state index in [1.807, 2.05) is 13.0 Å². The van der Waals surface area contributed by atoms with Crippen LogP contribution in [0.4, 0.5) is 22.7 Å². The molecule has 0 amide bonds. The number of hydrogen-bond acceptors (Lipinski definition) is 10. The zero-order valence-corrected chi connectivity index (χ0v) is 20.7. The lowest BCUT2D eigenvalue weighted by Gasteiger charge is -2.14. The number of aryl methyl sites for hydroxylation is 1. The predicted octanol–water partition coefficient (Wildman–Crippen LogP) is 5.06. The first kappa shape index (κ1) is 25.4. The van der Waals surface area contributed by atoms with Gasteiger partial charge in [-0.25, -0.2) is 0 Å². The Balaban J connectivity index is 1.57. The van der Waals surface area contributed by atoms with E-state index >= 15 is 0 Å². The van der Waals surface area contributed by atoms with Gasteiger partial charge in [0.15, 0.2) is 0 Å². The van der Waals surface area contributed by atoms with E-state index in [-0.39, 0.29) is 24.7 Å². The number of aliphatic hydroxyl groups is 1. The number of anilines is 2. The minimum absolute atomic E-state index is 0.0594. The largest absolute Gasteiger partial charge is 0.494 e. The highest BCUT2D eigenvalue weighted by molar-refractivity contribution is 6.52. The minimum atomic E-state index is -0.218. The van der Waals surface area contributed by atoms with E-state index in [1.165, 1.54) is 14.2 Å². The third-order valence-corrected chi connectivity index (χ3v) is 5.57. The van der Waals surface area contributed by atoms with Crippen LogP contribution in [-0.4, -0.2) is 44.0 Å². The molecule has 0 radical (unpaired) electrons. The molecule has 0 aliphatic heterocycles. The molecule has 0 spiro atoms. The van der Waals surface area contributed by atoms with Gasteiger partial charge in [-0.15, -0.1) is 5.11 Å². The SMILES string of the molecule is COc1cc(N/N=C2/C=Cc3cc(N)ccc3C2=O)c(OC)cc1/N=N/c1ccc(OCCO)cc1C. The molecule has 0 heterocycles. The van der Waals surface area contributed by atoms with Crippen molar-refractivity contribution in [2.24, 2.45) is 15.3 Å². The van der Waals surface area contributed by atoms with Crippen LogP contribution in [0.3, 0.4) is 0 Å². The van der Waals surface area contributed by atoms with E-state index in [0.29, 0.717) is 45.6 Å². The van der Waals surface area contributed by atoms with Crippen LogP contribution in [0.5, 0.6) is 17.2 Å². The smallest absolute Gasteiger partial charge is 0.213 e. The van der Waals surface area contributed by atoms with Gasteiger partial charge in [0.1, 0.15) is 40.9 Å². The normalized spacial score (nSPS) is 13.6. The van der Waals surface area contributed by atoms with Crippen LogP contribution < -0.4 is 25.4 Å². The molecule has 0 atom stereocenters. The average Bonchev–Trinajstić information content (AvgIpc) is 2.90. The molecule has 4 rings (SSSR count). The van der Waals surface area contributed by atoms with Crippen molar-refractivity contribution >= 4 is 40.3 Å². The number of carbonyl (C=O) groups excluding carboxylic acids is 1. The number of nitrogen functional groups attached to an aromatic ring is 1. The Morgan fingerprint density at radius 3 is 2.46 bits per heavy atom. The van der Waals surface area contributed by atoms with Crippen LogP contribution in [0.1, 0.15) is 21.5 Å². The van der Waals surface area contributed by atoms with E-state index in [9.17, 15) is 4.79 Å². The fourth-order valence-corrected chi connectivity index (χ4v) is 3.67. The van der Waals surface area contributed by atoms with Gasteiger partial charge in [0.25, 0.3) is 0 Å². The summed E-state index contributed by atoms with van der Waals surface area (Å²) >= 11 is 0. The maximum atomic E-state index is 12.8. The van der Waals surface area contributed by atoms with Gasteiger partial charge in [-0.1, -0.05) is 6.08 Å². The summed E-state index contributed by atoms with van der Waals surface area (Å²) in [4.78, 5) is 12.8. The fourth-order valence-electron chi connectivity index (χ4n) is 3.67. The maximum Gasteiger partial charge on any atom is 0.213 e. The van der Waals surface area contributed by atoms with Gasteiger partial charge >= 0.3 is 0 Å². The van der Waals surface area contributed by atoms with Crippen molar-refractivity contribution < 1.29 is 24.1 Å². The lowest BCUT2D eigenvalue weighted by molar-refractivity contribution is 0.106. The number of azo groups is 1. The Labute approximate surface area is 214 Å². The van der Waals surface area contributed by atoms with Crippen molar-refractivity contribution in [2.75, 3.05) is 38.6 Å². The van der Waals surface area contributed by atoms with Crippen LogP contribution >= 0.6 is 0 Å². The average molecular weight is 502 g/mol. The molecule has 10 heteroatoms. The lowest BCUT2D eigenvalue weighted by Crippen LogP contribution is -2.18. The number of benzene rings is 3.